The molecule has 0 unspecified atom stereocenters. The van der Waals surface area contributed by atoms with Gasteiger partial charge in [-0.05, 0) is 17.7 Å². The number of rotatable bonds is 3. The lowest BCUT2D eigenvalue weighted by molar-refractivity contribution is 0.356. The predicted molar refractivity (Wildman–Crippen MR) is 96.0 cm³/mol. The Morgan fingerprint density at radius 3 is 2.72 bits per heavy atom. The number of methoxy groups -OCH3 is 2. The van der Waals surface area contributed by atoms with Crippen molar-refractivity contribution in [2.45, 2.75) is 13.0 Å². The quantitative estimate of drug-likeness (QED) is 0.784. The maximum Gasteiger partial charge on any atom is 0.228 e. The number of hydrogen-bond acceptors (Lipinski definition) is 7. The van der Waals surface area contributed by atoms with Crippen molar-refractivity contribution < 1.29 is 9.47 Å². The van der Waals surface area contributed by atoms with E-state index in [1.54, 1.807) is 14.2 Å². The van der Waals surface area contributed by atoms with E-state index in [4.69, 9.17) is 20.2 Å². The Labute approximate surface area is 145 Å². The molecule has 2 aromatic heterocycles. The van der Waals surface area contributed by atoms with Crippen molar-refractivity contribution >= 4 is 22.7 Å². The van der Waals surface area contributed by atoms with Crippen LogP contribution in [0, 0.1) is 0 Å². The average molecular weight is 337 g/mol. The van der Waals surface area contributed by atoms with Crippen molar-refractivity contribution in [2.75, 3.05) is 31.4 Å². The van der Waals surface area contributed by atoms with Crippen LogP contribution in [0.25, 0.3) is 10.9 Å². The topological polar surface area (TPSA) is 86.4 Å². The van der Waals surface area contributed by atoms with Gasteiger partial charge in [0.1, 0.15) is 5.82 Å². The zero-order chi connectivity index (χ0) is 17.4. The molecule has 0 saturated carbocycles. The third-order valence-electron chi connectivity index (χ3n) is 4.47. The van der Waals surface area contributed by atoms with Gasteiger partial charge < -0.3 is 20.1 Å². The van der Waals surface area contributed by atoms with Crippen LogP contribution < -0.4 is 20.1 Å². The van der Waals surface area contributed by atoms with Gasteiger partial charge in [0, 0.05) is 42.9 Å². The molecule has 0 atom stereocenters. The van der Waals surface area contributed by atoms with Crippen LogP contribution in [0.15, 0.2) is 30.5 Å². The normalized spacial score (nSPS) is 13.6. The van der Waals surface area contributed by atoms with Crippen LogP contribution in [0.5, 0.6) is 11.5 Å². The lowest BCUT2D eigenvalue weighted by atomic mass is 10.1. The first-order chi connectivity index (χ1) is 12.2. The van der Waals surface area contributed by atoms with Crippen LogP contribution in [-0.2, 0) is 13.0 Å². The zero-order valence-electron chi connectivity index (χ0n) is 14.2. The Morgan fingerprint density at radius 2 is 1.92 bits per heavy atom. The molecule has 0 amide bonds. The molecule has 1 aliphatic rings. The van der Waals surface area contributed by atoms with Crippen molar-refractivity contribution in [3.05, 3.63) is 41.7 Å². The average Bonchev–Trinajstić information content (AvgIpc) is 2.66. The molecule has 0 fully saturated rings. The molecule has 0 spiro atoms. The van der Waals surface area contributed by atoms with Gasteiger partial charge in [-0.15, -0.1) is 0 Å². The molecule has 1 aromatic carbocycles. The molecule has 7 heteroatoms. The number of pyridine rings is 1. The summed E-state index contributed by atoms with van der Waals surface area (Å²) in [6, 6.07) is 7.68. The van der Waals surface area contributed by atoms with Crippen LogP contribution in [0.2, 0.25) is 0 Å². The fourth-order valence-electron chi connectivity index (χ4n) is 3.14. The number of anilines is 2. The summed E-state index contributed by atoms with van der Waals surface area (Å²) in [5.74, 6) is 2.27. The largest absolute Gasteiger partial charge is 0.493 e. The minimum atomic E-state index is 0.429. The second-order valence-electron chi connectivity index (χ2n) is 5.91. The summed E-state index contributed by atoms with van der Waals surface area (Å²) in [7, 11) is 3.19. The smallest absolute Gasteiger partial charge is 0.228 e. The molecule has 7 nitrogen and oxygen atoms in total. The molecule has 0 bridgehead atoms. The van der Waals surface area contributed by atoms with Crippen molar-refractivity contribution in [3.63, 3.8) is 0 Å². The van der Waals surface area contributed by atoms with Gasteiger partial charge in [0.2, 0.25) is 5.95 Å². The summed E-state index contributed by atoms with van der Waals surface area (Å²) in [6.45, 7) is 1.53. The lowest BCUT2D eigenvalue weighted by Crippen LogP contribution is -2.32. The van der Waals surface area contributed by atoms with Crippen molar-refractivity contribution in [3.8, 4) is 11.5 Å². The third kappa shape index (κ3) is 2.67. The predicted octanol–water partition coefficient (Wildman–Crippen LogP) is 2.19. The summed E-state index contributed by atoms with van der Waals surface area (Å²) in [5, 5.41) is 0.750. The van der Waals surface area contributed by atoms with E-state index in [1.165, 1.54) is 5.56 Å². The van der Waals surface area contributed by atoms with Crippen LogP contribution in [0.3, 0.4) is 0 Å². The van der Waals surface area contributed by atoms with E-state index in [-0.39, 0.29) is 0 Å². The van der Waals surface area contributed by atoms with Crippen molar-refractivity contribution in [1.29, 1.82) is 0 Å². The molecule has 0 aliphatic carbocycles. The third-order valence-corrected chi connectivity index (χ3v) is 4.47. The highest BCUT2D eigenvalue weighted by molar-refractivity contribution is 5.91. The van der Waals surface area contributed by atoms with Crippen LogP contribution in [0.1, 0.15) is 11.3 Å². The fraction of sp³-hybridized carbons (Fsp3) is 0.278. The number of ether oxygens (including phenoxy) is 2. The molecule has 3 heterocycles. The van der Waals surface area contributed by atoms with Gasteiger partial charge in [0.05, 0.1) is 19.7 Å². The monoisotopic (exact) mass is 337 g/mol. The first-order valence-electron chi connectivity index (χ1n) is 8.06. The molecule has 128 valence electrons. The number of fused-ring (bicyclic) bond motifs is 2. The Morgan fingerprint density at radius 1 is 1.12 bits per heavy atom. The van der Waals surface area contributed by atoms with E-state index in [0.717, 1.165) is 36.1 Å². The van der Waals surface area contributed by atoms with Crippen LogP contribution in [-0.4, -0.2) is 35.7 Å². The lowest BCUT2D eigenvalue weighted by Gasteiger charge is -2.28. The van der Waals surface area contributed by atoms with Crippen molar-refractivity contribution in [2.24, 2.45) is 0 Å². The summed E-state index contributed by atoms with van der Waals surface area (Å²) in [5.41, 5.74) is 9.26. The maximum absolute atomic E-state index is 6.19. The van der Waals surface area contributed by atoms with E-state index < -0.39 is 0 Å². The second kappa shape index (κ2) is 6.08. The number of aromatic nitrogens is 3. The van der Waals surface area contributed by atoms with E-state index in [0.29, 0.717) is 23.3 Å². The van der Waals surface area contributed by atoms with Crippen LogP contribution in [0.4, 0.5) is 11.8 Å². The number of nitrogens with zero attached hydrogens (tertiary/aromatic N) is 4. The van der Waals surface area contributed by atoms with Gasteiger partial charge in [0.15, 0.2) is 11.5 Å². The Balaban J connectivity index is 1.76. The minimum absolute atomic E-state index is 0.429. The number of nitrogens with two attached hydrogens (primary N) is 1. The maximum atomic E-state index is 6.19. The molecule has 25 heavy (non-hydrogen) atoms. The molecule has 0 radical (unpaired) electrons. The van der Waals surface area contributed by atoms with E-state index in [2.05, 4.69) is 20.9 Å². The van der Waals surface area contributed by atoms with Gasteiger partial charge in [-0.2, -0.15) is 4.98 Å². The second-order valence-corrected chi connectivity index (χ2v) is 5.91. The zero-order valence-corrected chi connectivity index (χ0v) is 14.2. The molecule has 1 aliphatic heterocycles. The summed E-state index contributed by atoms with van der Waals surface area (Å²) >= 11 is 0. The summed E-state index contributed by atoms with van der Waals surface area (Å²) in [4.78, 5) is 15.8. The highest BCUT2D eigenvalue weighted by Crippen LogP contribution is 2.34. The SMILES string of the molecule is COc1cc2nc(N3CCc4ncccc4C3)nc(N)c2cc1OC. The van der Waals surface area contributed by atoms with E-state index >= 15 is 0 Å². The van der Waals surface area contributed by atoms with Crippen LogP contribution >= 0.6 is 0 Å². The summed E-state index contributed by atoms with van der Waals surface area (Å²) in [6.07, 6.45) is 2.70. The number of hydrogen-bond donors (Lipinski definition) is 1. The Bertz CT molecular complexity index is 944. The molecule has 2 N–H and O–H groups in total. The first kappa shape index (κ1) is 15.4. The summed E-state index contributed by atoms with van der Waals surface area (Å²) < 4.78 is 10.7. The molecular formula is C18H19N5O2. The van der Waals surface area contributed by atoms with Gasteiger partial charge in [-0.3, -0.25) is 4.98 Å². The van der Waals surface area contributed by atoms with Gasteiger partial charge in [-0.25, -0.2) is 4.98 Å². The number of nitrogen functional groups attached to an aromatic ring is 1. The number of benzene rings is 1. The van der Waals surface area contributed by atoms with E-state index in [1.807, 2.05) is 24.4 Å². The highest BCUT2D eigenvalue weighted by atomic mass is 16.5. The molecule has 0 saturated heterocycles. The standard InChI is InChI=1S/C18H19N5O2/c1-24-15-8-12-14(9-16(15)25-2)21-18(22-17(12)19)23-7-5-13-11(10-23)4-3-6-20-13/h3-4,6,8-9H,5,7,10H2,1-2H3,(H2,19,21,22). The van der Waals surface area contributed by atoms with Crippen molar-refractivity contribution in [1.82, 2.24) is 15.0 Å². The Hall–Kier alpha value is -3.09. The molecular weight excluding hydrogens is 318 g/mol. The van der Waals surface area contributed by atoms with Gasteiger partial charge in [0.25, 0.3) is 0 Å². The first-order valence-corrected chi connectivity index (χ1v) is 8.06. The van der Waals surface area contributed by atoms with Gasteiger partial charge >= 0.3 is 0 Å². The van der Waals surface area contributed by atoms with Gasteiger partial charge in [-0.1, -0.05) is 6.07 Å². The van der Waals surface area contributed by atoms with E-state index in [9.17, 15) is 0 Å². The molecule has 3 aromatic rings. The Kier molecular flexibility index (Phi) is 3.76. The minimum Gasteiger partial charge on any atom is -0.493 e. The highest BCUT2D eigenvalue weighted by Gasteiger charge is 2.21. The molecule has 4 rings (SSSR count). The fourth-order valence-corrected chi connectivity index (χ4v) is 3.14.